The van der Waals surface area contributed by atoms with E-state index in [2.05, 4.69) is 4.90 Å². The molecule has 0 aliphatic carbocycles. The molecule has 1 fully saturated rings. The number of likely N-dealkylation sites (N-methyl/N-ethyl adjacent to an activating group) is 1. The van der Waals surface area contributed by atoms with Gasteiger partial charge in [0.1, 0.15) is 0 Å². The molecule has 2 rings (SSSR count). The van der Waals surface area contributed by atoms with E-state index in [0.29, 0.717) is 13.1 Å². The number of carbonyl (C=O) groups excluding carboxylic acids is 1. The Labute approximate surface area is 128 Å². The number of piperazine rings is 1. The largest absolute Gasteiger partial charge is 0.335 e. The van der Waals surface area contributed by atoms with Crippen LogP contribution in [0, 0.1) is 10.1 Å². The van der Waals surface area contributed by atoms with Crippen LogP contribution < -0.4 is 0 Å². The standard InChI is InChI=1S/C14H18ClN3O3/c1-9-7-17(8-10(2)16(9)3)14(19)12-6-11(18(20)21)4-5-13(12)15/h4-6,9-10H,7-8H2,1-3H3. The lowest BCUT2D eigenvalue weighted by molar-refractivity contribution is -0.384. The van der Waals surface area contributed by atoms with Gasteiger partial charge in [0.05, 0.1) is 15.5 Å². The van der Waals surface area contributed by atoms with Crippen molar-refractivity contribution in [3.8, 4) is 0 Å². The van der Waals surface area contributed by atoms with Crippen molar-refractivity contribution in [3.63, 3.8) is 0 Å². The zero-order valence-corrected chi connectivity index (χ0v) is 13.0. The first kappa shape index (κ1) is 15.7. The van der Waals surface area contributed by atoms with Crippen LogP contribution in [-0.4, -0.2) is 52.9 Å². The van der Waals surface area contributed by atoms with E-state index in [1.54, 1.807) is 4.90 Å². The highest BCUT2D eigenvalue weighted by atomic mass is 35.5. The van der Waals surface area contributed by atoms with Gasteiger partial charge in [0.25, 0.3) is 11.6 Å². The van der Waals surface area contributed by atoms with E-state index >= 15 is 0 Å². The molecule has 1 aliphatic rings. The summed E-state index contributed by atoms with van der Waals surface area (Å²) in [4.78, 5) is 26.8. The maximum atomic E-state index is 12.6. The SMILES string of the molecule is CC1CN(C(=O)c2cc([N+](=O)[O-])ccc2Cl)CC(C)N1C. The van der Waals surface area contributed by atoms with Gasteiger partial charge in [-0.1, -0.05) is 11.6 Å². The van der Waals surface area contributed by atoms with Gasteiger partial charge in [-0.05, 0) is 27.0 Å². The molecule has 2 unspecified atom stereocenters. The minimum atomic E-state index is -0.525. The molecule has 6 nitrogen and oxygen atoms in total. The van der Waals surface area contributed by atoms with E-state index in [1.165, 1.54) is 18.2 Å². The lowest BCUT2D eigenvalue weighted by Crippen LogP contribution is -2.56. The predicted octanol–water partition coefficient (Wildman–Crippen LogP) is 2.41. The van der Waals surface area contributed by atoms with Crippen LogP contribution in [0.5, 0.6) is 0 Å². The van der Waals surface area contributed by atoms with E-state index in [4.69, 9.17) is 11.6 Å². The maximum Gasteiger partial charge on any atom is 0.270 e. The Hall–Kier alpha value is -1.66. The predicted molar refractivity (Wildman–Crippen MR) is 80.7 cm³/mol. The number of halogens is 1. The Morgan fingerprint density at radius 1 is 1.33 bits per heavy atom. The molecule has 114 valence electrons. The van der Waals surface area contributed by atoms with Crippen molar-refractivity contribution in [2.75, 3.05) is 20.1 Å². The summed E-state index contributed by atoms with van der Waals surface area (Å²) in [5.41, 5.74) is 0.0628. The highest BCUT2D eigenvalue weighted by molar-refractivity contribution is 6.33. The first-order chi connectivity index (χ1) is 9.81. The Balaban J connectivity index is 2.28. The summed E-state index contributed by atoms with van der Waals surface area (Å²) in [5, 5.41) is 11.1. The fraction of sp³-hybridized carbons (Fsp3) is 0.500. The zero-order chi connectivity index (χ0) is 15.7. The second-order valence-electron chi connectivity index (χ2n) is 5.49. The summed E-state index contributed by atoms with van der Waals surface area (Å²) in [6.07, 6.45) is 0. The van der Waals surface area contributed by atoms with Gasteiger partial charge in [-0.15, -0.1) is 0 Å². The van der Waals surface area contributed by atoms with E-state index in [-0.39, 0.29) is 34.3 Å². The van der Waals surface area contributed by atoms with Crippen molar-refractivity contribution in [2.24, 2.45) is 0 Å². The third kappa shape index (κ3) is 3.16. The van der Waals surface area contributed by atoms with Gasteiger partial charge in [0.15, 0.2) is 0 Å². The molecule has 0 spiro atoms. The van der Waals surface area contributed by atoms with Gasteiger partial charge in [-0.25, -0.2) is 0 Å². The summed E-state index contributed by atoms with van der Waals surface area (Å²) in [6, 6.07) is 4.41. The van der Waals surface area contributed by atoms with Gasteiger partial charge in [0.2, 0.25) is 0 Å². The minimum absolute atomic E-state index is 0.127. The van der Waals surface area contributed by atoms with Crippen LogP contribution >= 0.6 is 11.6 Å². The van der Waals surface area contributed by atoms with Crippen molar-refractivity contribution in [2.45, 2.75) is 25.9 Å². The van der Waals surface area contributed by atoms with Crippen LogP contribution in [0.25, 0.3) is 0 Å². The number of nitrogens with zero attached hydrogens (tertiary/aromatic N) is 3. The van der Waals surface area contributed by atoms with Gasteiger partial charge in [-0.2, -0.15) is 0 Å². The molecular weight excluding hydrogens is 294 g/mol. The fourth-order valence-electron chi connectivity index (χ4n) is 2.53. The van der Waals surface area contributed by atoms with Crippen molar-refractivity contribution in [3.05, 3.63) is 38.9 Å². The molecule has 0 aromatic heterocycles. The quantitative estimate of drug-likeness (QED) is 0.621. The minimum Gasteiger partial charge on any atom is -0.335 e. The number of nitro benzene ring substituents is 1. The van der Waals surface area contributed by atoms with Crippen LogP contribution in [0.15, 0.2) is 18.2 Å². The van der Waals surface area contributed by atoms with Crippen LogP contribution in [-0.2, 0) is 0 Å². The van der Waals surface area contributed by atoms with Crippen molar-refractivity contribution in [1.82, 2.24) is 9.80 Å². The summed E-state index contributed by atoms with van der Waals surface area (Å²) in [5.74, 6) is -0.254. The first-order valence-corrected chi connectivity index (χ1v) is 7.14. The molecule has 1 aromatic carbocycles. The number of rotatable bonds is 2. The average molecular weight is 312 g/mol. The number of nitro groups is 1. The molecule has 1 amide bonds. The second kappa shape index (κ2) is 5.99. The zero-order valence-electron chi connectivity index (χ0n) is 12.2. The normalized spacial score (nSPS) is 23.1. The number of amides is 1. The molecule has 0 N–H and O–H groups in total. The van der Waals surface area contributed by atoms with E-state index in [1.807, 2.05) is 20.9 Å². The summed E-state index contributed by atoms with van der Waals surface area (Å²) in [6.45, 7) is 5.26. The van der Waals surface area contributed by atoms with Crippen molar-refractivity contribution >= 4 is 23.2 Å². The maximum absolute atomic E-state index is 12.6. The lowest BCUT2D eigenvalue weighted by Gasteiger charge is -2.42. The molecule has 7 heteroatoms. The Kier molecular flexibility index (Phi) is 4.49. The molecule has 1 aromatic rings. The van der Waals surface area contributed by atoms with E-state index in [9.17, 15) is 14.9 Å². The summed E-state index contributed by atoms with van der Waals surface area (Å²) >= 11 is 6.04. The summed E-state index contributed by atoms with van der Waals surface area (Å²) < 4.78 is 0. The van der Waals surface area contributed by atoms with Crippen LogP contribution in [0.4, 0.5) is 5.69 Å². The Morgan fingerprint density at radius 2 is 1.90 bits per heavy atom. The average Bonchev–Trinajstić information content (AvgIpc) is 2.43. The smallest absolute Gasteiger partial charge is 0.270 e. The second-order valence-corrected chi connectivity index (χ2v) is 5.90. The third-order valence-electron chi connectivity index (χ3n) is 4.04. The van der Waals surface area contributed by atoms with Gasteiger partial charge in [-0.3, -0.25) is 19.8 Å². The number of hydrogen-bond acceptors (Lipinski definition) is 4. The molecule has 21 heavy (non-hydrogen) atoms. The van der Waals surface area contributed by atoms with Gasteiger partial charge < -0.3 is 4.90 Å². The van der Waals surface area contributed by atoms with Crippen LogP contribution in [0.1, 0.15) is 24.2 Å². The molecule has 0 bridgehead atoms. The fourth-order valence-corrected chi connectivity index (χ4v) is 2.73. The molecule has 1 saturated heterocycles. The molecule has 0 saturated carbocycles. The third-order valence-corrected chi connectivity index (χ3v) is 4.37. The van der Waals surface area contributed by atoms with Gasteiger partial charge >= 0.3 is 0 Å². The van der Waals surface area contributed by atoms with Crippen LogP contribution in [0.3, 0.4) is 0 Å². The van der Waals surface area contributed by atoms with Crippen molar-refractivity contribution < 1.29 is 9.72 Å². The monoisotopic (exact) mass is 311 g/mol. The highest BCUT2D eigenvalue weighted by Gasteiger charge is 2.31. The molecule has 1 heterocycles. The molecule has 1 aliphatic heterocycles. The highest BCUT2D eigenvalue weighted by Crippen LogP contribution is 2.25. The number of benzene rings is 1. The summed E-state index contributed by atoms with van der Waals surface area (Å²) in [7, 11) is 2.03. The first-order valence-electron chi connectivity index (χ1n) is 6.76. The Morgan fingerprint density at radius 3 is 2.43 bits per heavy atom. The molecule has 2 atom stereocenters. The van der Waals surface area contributed by atoms with Gasteiger partial charge in [0, 0.05) is 37.3 Å². The molecule has 0 radical (unpaired) electrons. The number of carbonyl (C=O) groups is 1. The topological polar surface area (TPSA) is 66.7 Å². The number of non-ortho nitro benzene ring substituents is 1. The van der Waals surface area contributed by atoms with Crippen LogP contribution in [0.2, 0.25) is 5.02 Å². The molecular formula is C14H18ClN3O3. The van der Waals surface area contributed by atoms with E-state index in [0.717, 1.165) is 0 Å². The number of hydrogen-bond donors (Lipinski definition) is 0. The van der Waals surface area contributed by atoms with Crippen molar-refractivity contribution in [1.29, 1.82) is 0 Å². The van der Waals surface area contributed by atoms with E-state index < -0.39 is 4.92 Å². The lowest BCUT2D eigenvalue weighted by atomic mass is 10.1. The Bertz CT molecular complexity index is 567.